The molecule has 1 saturated heterocycles. The maximum atomic E-state index is 12.2. The summed E-state index contributed by atoms with van der Waals surface area (Å²) < 4.78 is 11.1. The molecule has 20 heavy (non-hydrogen) atoms. The Bertz CT molecular complexity index is 595. The van der Waals surface area contributed by atoms with Gasteiger partial charge in [0.25, 0.3) is 0 Å². The predicted molar refractivity (Wildman–Crippen MR) is 72.7 cm³/mol. The Hall–Kier alpha value is -1.65. The maximum absolute atomic E-state index is 12.2. The second-order valence-electron chi connectivity index (χ2n) is 4.97. The molecule has 4 nitrogen and oxygen atoms in total. The van der Waals surface area contributed by atoms with Gasteiger partial charge >= 0.3 is 5.97 Å². The van der Waals surface area contributed by atoms with Gasteiger partial charge in [0, 0.05) is 17.9 Å². The molecule has 0 N–H and O–H groups in total. The van der Waals surface area contributed by atoms with Crippen LogP contribution in [0.3, 0.4) is 0 Å². The summed E-state index contributed by atoms with van der Waals surface area (Å²) in [6, 6.07) is 6.59. The largest absolute Gasteiger partial charge is 0.448 e. The van der Waals surface area contributed by atoms with Crippen molar-refractivity contribution in [1.29, 1.82) is 0 Å². The summed E-state index contributed by atoms with van der Waals surface area (Å²) in [6.45, 7) is 0.477. The van der Waals surface area contributed by atoms with Crippen LogP contribution in [0.15, 0.2) is 36.4 Å². The highest BCUT2D eigenvalue weighted by Gasteiger charge is 2.48. The Morgan fingerprint density at radius 1 is 1.45 bits per heavy atom. The van der Waals surface area contributed by atoms with Crippen LogP contribution in [0, 0.1) is 0 Å². The number of rotatable bonds is 2. The van der Waals surface area contributed by atoms with Crippen LogP contribution in [0.4, 0.5) is 0 Å². The van der Waals surface area contributed by atoms with Crippen molar-refractivity contribution in [2.45, 2.75) is 24.5 Å². The number of fused-ring (bicyclic) bond motifs is 1. The van der Waals surface area contributed by atoms with E-state index in [1.54, 1.807) is 30.3 Å². The van der Waals surface area contributed by atoms with Gasteiger partial charge in [-0.1, -0.05) is 17.7 Å². The third-order valence-electron chi connectivity index (χ3n) is 3.64. The molecule has 0 unspecified atom stereocenters. The highest BCUT2D eigenvalue weighted by Crippen LogP contribution is 2.37. The fraction of sp³-hybridized carbons (Fsp3) is 0.333. The molecule has 1 fully saturated rings. The number of hydrogen-bond donors (Lipinski definition) is 0. The van der Waals surface area contributed by atoms with Gasteiger partial charge in [0.2, 0.25) is 0 Å². The number of carbonyl (C=O) groups is 2. The van der Waals surface area contributed by atoms with E-state index in [2.05, 4.69) is 0 Å². The van der Waals surface area contributed by atoms with Crippen molar-refractivity contribution in [3.8, 4) is 0 Å². The van der Waals surface area contributed by atoms with Gasteiger partial charge in [0.1, 0.15) is 6.10 Å². The van der Waals surface area contributed by atoms with Gasteiger partial charge in [0.05, 0.1) is 12.2 Å². The molecule has 104 valence electrons. The summed E-state index contributed by atoms with van der Waals surface area (Å²) >= 11 is 5.87. The standard InChI is InChI=1S/C15H13ClO4/c16-11-3-1-2-10(8-11)14(18)20-15-5-4-12(17)9-13(15)19-7-6-15/h1-5,8,13H,6-7,9H2/t13-,15+/m1/s1. The van der Waals surface area contributed by atoms with E-state index in [0.717, 1.165) is 0 Å². The normalized spacial score (nSPS) is 28.2. The van der Waals surface area contributed by atoms with Gasteiger partial charge in [-0.15, -0.1) is 0 Å². The Morgan fingerprint density at radius 3 is 3.10 bits per heavy atom. The first-order valence-electron chi connectivity index (χ1n) is 6.42. The van der Waals surface area contributed by atoms with Gasteiger partial charge in [-0.25, -0.2) is 4.79 Å². The Morgan fingerprint density at radius 2 is 2.30 bits per heavy atom. The molecular weight excluding hydrogens is 280 g/mol. The van der Waals surface area contributed by atoms with E-state index in [1.165, 1.54) is 6.08 Å². The molecule has 0 spiro atoms. The van der Waals surface area contributed by atoms with Crippen LogP contribution in [0.2, 0.25) is 5.02 Å². The zero-order valence-electron chi connectivity index (χ0n) is 10.7. The van der Waals surface area contributed by atoms with Crippen molar-refractivity contribution < 1.29 is 19.1 Å². The molecule has 5 heteroatoms. The molecule has 0 amide bonds. The summed E-state index contributed by atoms with van der Waals surface area (Å²) in [5, 5.41) is 0.477. The summed E-state index contributed by atoms with van der Waals surface area (Å²) in [5.41, 5.74) is -0.435. The average Bonchev–Trinajstić information content (AvgIpc) is 2.81. The zero-order valence-corrected chi connectivity index (χ0v) is 11.4. The number of esters is 1. The lowest BCUT2D eigenvalue weighted by Gasteiger charge is -2.32. The second-order valence-corrected chi connectivity index (χ2v) is 5.40. The molecule has 0 aromatic heterocycles. The lowest BCUT2D eigenvalue weighted by molar-refractivity contribution is -0.121. The molecule has 0 radical (unpaired) electrons. The Kier molecular flexibility index (Phi) is 3.36. The van der Waals surface area contributed by atoms with Crippen molar-refractivity contribution in [2.24, 2.45) is 0 Å². The molecular formula is C15H13ClO4. The Balaban J connectivity index is 1.84. The first-order valence-corrected chi connectivity index (χ1v) is 6.79. The molecule has 0 bridgehead atoms. The Labute approximate surface area is 121 Å². The van der Waals surface area contributed by atoms with Gasteiger partial charge in [0.15, 0.2) is 11.4 Å². The monoisotopic (exact) mass is 292 g/mol. The van der Waals surface area contributed by atoms with Crippen LogP contribution in [0.25, 0.3) is 0 Å². The van der Waals surface area contributed by atoms with Crippen LogP contribution in [-0.2, 0) is 14.3 Å². The first-order chi connectivity index (χ1) is 9.59. The number of carbonyl (C=O) groups excluding carboxylic acids is 2. The zero-order chi connectivity index (χ0) is 14.2. The number of benzene rings is 1. The lowest BCUT2D eigenvalue weighted by Crippen LogP contribution is -2.44. The van der Waals surface area contributed by atoms with E-state index in [-0.39, 0.29) is 18.3 Å². The van der Waals surface area contributed by atoms with Gasteiger partial charge in [-0.05, 0) is 30.4 Å². The third-order valence-corrected chi connectivity index (χ3v) is 3.87. The quantitative estimate of drug-likeness (QED) is 0.786. The van der Waals surface area contributed by atoms with Crippen molar-refractivity contribution in [3.05, 3.63) is 47.0 Å². The number of hydrogen-bond acceptors (Lipinski definition) is 4. The van der Waals surface area contributed by atoms with E-state index < -0.39 is 11.6 Å². The number of ether oxygens (including phenoxy) is 2. The fourth-order valence-electron chi connectivity index (χ4n) is 2.57. The molecule has 1 aliphatic heterocycles. The SMILES string of the molecule is O=C1C=C[C@]2(OC(=O)c3cccc(Cl)c3)CCO[C@@H]2C1. The highest BCUT2D eigenvalue weighted by atomic mass is 35.5. The molecule has 0 saturated carbocycles. The van der Waals surface area contributed by atoms with Crippen molar-refractivity contribution >= 4 is 23.4 Å². The first kappa shape index (κ1) is 13.3. The minimum Gasteiger partial charge on any atom is -0.448 e. The van der Waals surface area contributed by atoms with Crippen LogP contribution < -0.4 is 0 Å². The average molecular weight is 293 g/mol. The van der Waals surface area contributed by atoms with Crippen molar-refractivity contribution in [2.75, 3.05) is 6.61 Å². The van der Waals surface area contributed by atoms with E-state index in [9.17, 15) is 9.59 Å². The van der Waals surface area contributed by atoms with E-state index in [0.29, 0.717) is 23.6 Å². The van der Waals surface area contributed by atoms with E-state index >= 15 is 0 Å². The highest BCUT2D eigenvalue weighted by molar-refractivity contribution is 6.30. The summed E-state index contributed by atoms with van der Waals surface area (Å²) in [5.74, 6) is -0.465. The smallest absolute Gasteiger partial charge is 0.339 e. The molecule has 1 aromatic carbocycles. The predicted octanol–water partition coefficient (Wildman–Crippen LogP) is 2.55. The molecule has 2 atom stereocenters. The van der Waals surface area contributed by atoms with Gasteiger partial charge in [-0.3, -0.25) is 4.79 Å². The van der Waals surface area contributed by atoms with E-state index in [4.69, 9.17) is 21.1 Å². The van der Waals surface area contributed by atoms with Crippen LogP contribution >= 0.6 is 11.6 Å². The minimum atomic E-state index is -0.826. The van der Waals surface area contributed by atoms with Crippen LogP contribution in [-0.4, -0.2) is 30.1 Å². The molecule has 3 rings (SSSR count). The lowest BCUT2D eigenvalue weighted by atomic mass is 9.86. The summed E-state index contributed by atoms with van der Waals surface area (Å²) in [4.78, 5) is 23.7. The molecule has 1 heterocycles. The molecule has 1 aliphatic carbocycles. The van der Waals surface area contributed by atoms with E-state index in [1.807, 2.05) is 0 Å². The van der Waals surface area contributed by atoms with Crippen LogP contribution in [0.1, 0.15) is 23.2 Å². The number of ketones is 1. The summed E-state index contributed by atoms with van der Waals surface area (Å²) in [6.07, 6.45) is 3.55. The van der Waals surface area contributed by atoms with Gasteiger partial charge in [-0.2, -0.15) is 0 Å². The molecule has 2 aliphatic rings. The topological polar surface area (TPSA) is 52.6 Å². The maximum Gasteiger partial charge on any atom is 0.339 e. The second kappa shape index (κ2) is 5.04. The molecule has 1 aromatic rings. The van der Waals surface area contributed by atoms with Crippen molar-refractivity contribution in [1.82, 2.24) is 0 Å². The van der Waals surface area contributed by atoms with Crippen molar-refractivity contribution in [3.63, 3.8) is 0 Å². The fourth-order valence-corrected chi connectivity index (χ4v) is 2.76. The number of halogens is 1. The minimum absolute atomic E-state index is 0.00803. The third kappa shape index (κ3) is 2.37. The van der Waals surface area contributed by atoms with Gasteiger partial charge < -0.3 is 9.47 Å². The summed E-state index contributed by atoms with van der Waals surface area (Å²) in [7, 11) is 0. The number of allylic oxidation sites excluding steroid dienone is 1. The van der Waals surface area contributed by atoms with Crippen LogP contribution in [0.5, 0.6) is 0 Å².